The molecule has 0 saturated carbocycles. The molecule has 0 spiro atoms. The van der Waals surface area contributed by atoms with Crippen LogP contribution >= 0.6 is 0 Å². The lowest BCUT2D eigenvalue weighted by Gasteiger charge is -2.28. The highest BCUT2D eigenvalue weighted by molar-refractivity contribution is 5.86. The molecule has 4 N–H and O–H groups in total. The summed E-state index contributed by atoms with van der Waals surface area (Å²) in [7, 11) is 0. The van der Waals surface area contributed by atoms with Crippen molar-refractivity contribution in [2.75, 3.05) is 24.5 Å². The van der Waals surface area contributed by atoms with E-state index >= 15 is 0 Å². The van der Waals surface area contributed by atoms with Gasteiger partial charge in [0.05, 0.1) is 0 Å². The molecular formula is C18H27FN4O2. The Bertz CT molecular complexity index is 612. The number of halogens is 1. The van der Waals surface area contributed by atoms with Gasteiger partial charge in [-0.1, -0.05) is 20.8 Å². The van der Waals surface area contributed by atoms with E-state index < -0.39 is 17.4 Å². The van der Waals surface area contributed by atoms with Crippen molar-refractivity contribution in [2.45, 2.75) is 33.2 Å². The molecule has 0 unspecified atom stereocenters. The summed E-state index contributed by atoms with van der Waals surface area (Å²) in [5.41, 5.74) is 5.90. The number of urea groups is 1. The fraction of sp³-hybridized carbons (Fsp3) is 0.556. The monoisotopic (exact) mass is 350 g/mol. The molecular weight excluding hydrogens is 323 g/mol. The van der Waals surface area contributed by atoms with E-state index in [-0.39, 0.29) is 11.8 Å². The van der Waals surface area contributed by atoms with Gasteiger partial charge in [-0.05, 0) is 42.0 Å². The van der Waals surface area contributed by atoms with E-state index in [1.165, 1.54) is 12.1 Å². The Morgan fingerprint density at radius 2 is 1.96 bits per heavy atom. The Balaban J connectivity index is 1.81. The van der Waals surface area contributed by atoms with Crippen molar-refractivity contribution < 1.29 is 14.0 Å². The first kappa shape index (κ1) is 19.0. The maximum atomic E-state index is 13.0. The molecule has 3 amide bonds. The van der Waals surface area contributed by atoms with E-state index in [4.69, 9.17) is 5.73 Å². The van der Waals surface area contributed by atoms with Gasteiger partial charge in [-0.15, -0.1) is 0 Å². The summed E-state index contributed by atoms with van der Waals surface area (Å²) in [5, 5.41) is 5.47. The van der Waals surface area contributed by atoms with E-state index in [0.29, 0.717) is 12.5 Å². The van der Waals surface area contributed by atoms with E-state index in [2.05, 4.69) is 15.5 Å². The highest BCUT2D eigenvalue weighted by atomic mass is 19.1. The minimum atomic E-state index is -0.730. The average molecular weight is 350 g/mol. The molecule has 25 heavy (non-hydrogen) atoms. The number of hydrogen-bond donors (Lipinski definition) is 3. The number of carbonyl (C=O) groups is 2. The van der Waals surface area contributed by atoms with Gasteiger partial charge in [-0.25, -0.2) is 9.18 Å². The van der Waals surface area contributed by atoms with Crippen LogP contribution in [-0.2, 0) is 4.79 Å². The number of nitrogens with one attached hydrogen (secondary N) is 2. The quantitative estimate of drug-likeness (QED) is 0.757. The number of benzene rings is 1. The van der Waals surface area contributed by atoms with Crippen molar-refractivity contribution in [1.29, 1.82) is 0 Å². The minimum absolute atomic E-state index is 0.249. The third kappa shape index (κ3) is 5.34. The number of carbonyl (C=O) groups excluding carboxylic acids is 2. The van der Waals surface area contributed by atoms with Crippen LogP contribution in [0, 0.1) is 17.2 Å². The zero-order chi connectivity index (χ0) is 18.6. The maximum Gasteiger partial charge on any atom is 0.315 e. The molecule has 1 heterocycles. The minimum Gasteiger partial charge on any atom is -0.371 e. The van der Waals surface area contributed by atoms with Crippen molar-refractivity contribution in [2.24, 2.45) is 17.1 Å². The Morgan fingerprint density at radius 1 is 1.32 bits per heavy atom. The second-order valence-electron chi connectivity index (χ2n) is 7.63. The SMILES string of the molecule is CC(C)(C)[C@H](NC(=O)NC[C@@H]1CCN(c2ccc(F)cc2)C1)C(N)=O. The van der Waals surface area contributed by atoms with E-state index in [1.54, 1.807) is 12.1 Å². The summed E-state index contributed by atoms with van der Waals surface area (Å²) < 4.78 is 13.0. The van der Waals surface area contributed by atoms with E-state index in [0.717, 1.165) is 25.2 Å². The fourth-order valence-electron chi connectivity index (χ4n) is 3.02. The van der Waals surface area contributed by atoms with E-state index in [1.807, 2.05) is 20.8 Å². The largest absolute Gasteiger partial charge is 0.371 e. The molecule has 0 radical (unpaired) electrons. The Kier molecular flexibility index (Phi) is 5.87. The number of primary amides is 1. The third-order valence-electron chi connectivity index (χ3n) is 4.45. The third-order valence-corrected chi connectivity index (χ3v) is 4.45. The first-order valence-corrected chi connectivity index (χ1v) is 8.51. The second-order valence-corrected chi connectivity index (χ2v) is 7.63. The van der Waals surface area contributed by atoms with Gasteiger partial charge in [-0.3, -0.25) is 4.79 Å². The molecule has 1 aliphatic rings. The molecule has 1 fully saturated rings. The fourth-order valence-corrected chi connectivity index (χ4v) is 3.02. The smallest absolute Gasteiger partial charge is 0.315 e. The molecule has 6 nitrogen and oxygen atoms in total. The van der Waals surface area contributed by atoms with Gasteiger partial charge in [0, 0.05) is 25.3 Å². The maximum absolute atomic E-state index is 13.0. The highest BCUT2D eigenvalue weighted by Crippen LogP contribution is 2.23. The van der Waals surface area contributed by atoms with Crippen LogP contribution in [-0.4, -0.2) is 37.6 Å². The number of hydrogen-bond acceptors (Lipinski definition) is 3. The molecule has 1 aromatic carbocycles. The van der Waals surface area contributed by atoms with Crippen LogP contribution < -0.4 is 21.3 Å². The van der Waals surface area contributed by atoms with Crippen molar-refractivity contribution in [1.82, 2.24) is 10.6 Å². The Hall–Kier alpha value is -2.31. The van der Waals surface area contributed by atoms with E-state index in [9.17, 15) is 14.0 Å². The zero-order valence-corrected chi connectivity index (χ0v) is 15.0. The number of anilines is 1. The van der Waals surface area contributed by atoms with Crippen LogP contribution in [0.5, 0.6) is 0 Å². The first-order valence-electron chi connectivity index (χ1n) is 8.51. The lowest BCUT2D eigenvalue weighted by atomic mass is 9.86. The number of rotatable bonds is 5. The lowest BCUT2D eigenvalue weighted by Crippen LogP contribution is -2.55. The second kappa shape index (κ2) is 7.72. The number of nitrogens with zero attached hydrogens (tertiary/aromatic N) is 1. The van der Waals surface area contributed by atoms with Crippen LogP contribution in [0.15, 0.2) is 24.3 Å². The Labute approximate surface area is 147 Å². The lowest BCUT2D eigenvalue weighted by molar-refractivity contribution is -0.122. The summed E-state index contributed by atoms with van der Waals surface area (Å²) in [5.74, 6) is -0.496. The molecule has 1 aliphatic heterocycles. The molecule has 1 saturated heterocycles. The summed E-state index contributed by atoms with van der Waals surface area (Å²) in [6.07, 6.45) is 0.941. The summed E-state index contributed by atoms with van der Waals surface area (Å²) in [6.45, 7) is 7.72. The Morgan fingerprint density at radius 3 is 2.52 bits per heavy atom. The van der Waals surface area contributed by atoms with Crippen molar-refractivity contribution in [3.05, 3.63) is 30.1 Å². The normalized spacial score (nSPS) is 18.7. The van der Waals surface area contributed by atoms with Crippen LogP contribution in [0.1, 0.15) is 27.2 Å². The molecule has 2 atom stereocenters. The highest BCUT2D eigenvalue weighted by Gasteiger charge is 2.31. The molecule has 2 rings (SSSR count). The predicted octanol–water partition coefficient (Wildman–Crippen LogP) is 1.85. The summed E-state index contributed by atoms with van der Waals surface area (Å²) >= 11 is 0. The molecule has 0 aliphatic carbocycles. The van der Waals surface area contributed by atoms with Crippen LogP contribution in [0.25, 0.3) is 0 Å². The van der Waals surface area contributed by atoms with Crippen molar-refractivity contribution in [3.8, 4) is 0 Å². The van der Waals surface area contributed by atoms with Gasteiger partial charge < -0.3 is 21.3 Å². The zero-order valence-electron chi connectivity index (χ0n) is 15.0. The molecule has 1 aromatic rings. The molecule has 0 bridgehead atoms. The van der Waals surface area contributed by atoms with Gasteiger partial charge in [0.25, 0.3) is 0 Å². The summed E-state index contributed by atoms with van der Waals surface area (Å²) in [6, 6.07) is 5.30. The van der Waals surface area contributed by atoms with Gasteiger partial charge in [0.15, 0.2) is 0 Å². The van der Waals surface area contributed by atoms with Gasteiger partial charge in [-0.2, -0.15) is 0 Å². The molecule has 7 heteroatoms. The van der Waals surface area contributed by atoms with Crippen molar-refractivity contribution >= 4 is 17.6 Å². The van der Waals surface area contributed by atoms with Gasteiger partial charge >= 0.3 is 6.03 Å². The van der Waals surface area contributed by atoms with Crippen LogP contribution in [0.3, 0.4) is 0 Å². The van der Waals surface area contributed by atoms with Gasteiger partial charge in [0.1, 0.15) is 11.9 Å². The topological polar surface area (TPSA) is 87.5 Å². The van der Waals surface area contributed by atoms with Gasteiger partial charge in [0.2, 0.25) is 5.91 Å². The first-order chi connectivity index (χ1) is 11.7. The van der Waals surface area contributed by atoms with Crippen LogP contribution in [0.4, 0.5) is 14.9 Å². The predicted molar refractivity (Wildman–Crippen MR) is 95.7 cm³/mol. The molecule has 138 valence electrons. The van der Waals surface area contributed by atoms with Crippen LogP contribution in [0.2, 0.25) is 0 Å². The summed E-state index contributed by atoms with van der Waals surface area (Å²) in [4.78, 5) is 25.7. The standard InChI is InChI=1S/C18H27FN4O2/c1-18(2,3)15(16(20)24)22-17(25)21-10-12-8-9-23(11-12)14-6-4-13(19)5-7-14/h4-7,12,15H,8-11H2,1-3H3,(H2,20,24)(H2,21,22,25)/t12-,15+/m0/s1. The average Bonchev–Trinajstić information content (AvgIpc) is 2.99. The van der Waals surface area contributed by atoms with Crippen molar-refractivity contribution in [3.63, 3.8) is 0 Å². The number of amides is 3. The molecule has 0 aromatic heterocycles. The number of nitrogens with two attached hydrogens (primary N) is 1.